The van der Waals surface area contributed by atoms with E-state index in [1.54, 1.807) is 43.3 Å². The van der Waals surface area contributed by atoms with Crippen LogP contribution >= 0.6 is 23.2 Å². The lowest BCUT2D eigenvalue weighted by molar-refractivity contribution is -0.125. The fourth-order valence-corrected chi connectivity index (χ4v) is 8.79. The maximum atomic E-state index is 14.5. The van der Waals surface area contributed by atoms with Crippen LogP contribution in [0.5, 0.6) is 11.5 Å². The van der Waals surface area contributed by atoms with E-state index >= 15 is 0 Å². The Hall–Kier alpha value is -4.54. The third-order valence-electron chi connectivity index (χ3n) is 10.0. The Kier molecular flexibility index (Phi) is 7.52. The molecule has 2 saturated heterocycles. The van der Waals surface area contributed by atoms with Crippen LogP contribution in [-0.4, -0.2) is 50.9 Å². The Morgan fingerprint density at radius 1 is 0.917 bits per heavy atom. The largest absolute Gasteiger partial charge is 0.504 e. The average Bonchev–Trinajstić information content (AvgIpc) is 3.40. The number of phenols is 1. The smallest absolute Gasteiger partial charge is 0.258 e. The molecule has 3 aromatic rings. The first-order valence-electron chi connectivity index (χ1n) is 15.5. The van der Waals surface area contributed by atoms with Gasteiger partial charge in [0.15, 0.2) is 27.0 Å². The van der Waals surface area contributed by atoms with Gasteiger partial charge in [-0.3, -0.25) is 28.9 Å². The molecule has 0 aromatic heterocycles. The third-order valence-corrected chi connectivity index (χ3v) is 11.5. The zero-order valence-corrected chi connectivity index (χ0v) is 27.3. The van der Waals surface area contributed by atoms with Crippen molar-refractivity contribution in [3.8, 4) is 11.5 Å². The molecule has 0 radical (unpaired) electrons. The minimum absolute atomic E-state index is 0.0717. The van der Waals surface area contributed by atoms with Gasteiger partial charge >= 0.3 is 0 Å². The minimum atomic E-state index is -2.12. The molecular formula is C36H29Cl2FN2O7. The number of Topliss-reactive ketones (excluding diaryl/α,β-unsaturated/α-hetero) is 1. The van der Waals surface area contributed by atoms with Crippen molar-refractivity contribution in [2.75, 3.05) is 16.4 Å². The van der Waals surface area contributed by atoms with Crippen molar-refractivity contribution in [3.05, 3.63) is 95.3 Å². The maximum absolute atomic E-state index is 14.5. The number of rotatable bonds is 6. The molecule has 4 amide bonds. The van der Waals surface area contributed by atoms with E-state index in [9.17, 15) is 33.5 Å². The molecule has 2 heterocycles. The summed E-state index contributed by atoms with van der Waals surface area (Å²) in [6, 6.07) is 15.4. The van der Waals surface area contributed by atoms with Gasteiger partial charge in [-0.05, 0) is 98.8 Å². The number of nitrogens with zero attached hydrogens (tertiary/aromatic N) is 2. The van der Waals surface area contributed by atoms with Crippen LogP contribution in [-0.2, 0) is 19.2 Å². The topological polar surface area (TPSA) is 121 Å². The molecule has 1 saturated carbocycles. The summed E-state index contributed by atoms with van der Waals surface area (Å²) in [6.45, 7) is 3.37. The fourth-order valence-electron chi connectivity index (χ4n) is 7.85. The van der Waals surface area contributed by atoms with Gasteiger partial charge in [-0.1, -0.05) is 17.7 Å². The van der Waals surface area contributed by atoms with E-state index in [2.05, 4.69) is 0 Å². The number of hydrogen-bond donors (Lipinski definition) is 1. The van der Waals surface area contributed by atoms with Gasteiger partial charge in [0.05, 0.1) is 29.8 Å². The van der Waals surface area contributed by atoms with E-state index < -0.39 is 62.9 Å². The molecule has 6 atom stereocenters. The van der Waals surface area contributed by atoms with Gasteiger partial charge in [0, 0.05) is 11.5 Å². The highest BCUT2D eigenvalue weighted by Crippen LogP contribution is 2.66. The summed E-state index contributed by atoms with van der Waals surface area (Å²) in [7, 11) is 0. The Balaban J connectivity index is 1.38. The van der Waals surface area contributed by atoms with Crippen molar-refractivity contribution < 1.29 is 38.2 Å². The molecule has 1 N–H and O–H groups in total. The number of imide groups is 2. The maximum Gasteiger partial charge on any atom is 0.258 e. The molecule has 2 aliphatic carbocycles. The summed E-state index contributed by atoms with van der Waals surface area (Å²) in [5, 5.41) is 10.5. The van der Waals surface area contributed by atoms with Crippen LogP contribution in [0.3, 0.4) is 0 Å². The molecule has 4 aliphatic rings. The zero-order valence-electron chi connectivity index (χ0n) is 25.8. The molecular weight excluding hydrogens is 662 g/mol. The van der Waals surface area contributed by atoms with Crippen molar-refractivity contribution in [2.45, 2.75) is 42.4 Å². The molecule has 3 fully saturated rings. The highest BCUT2D eigenvalue weighted by atomic mass is 35.5. The number of ketones is 1. The molecule has 3 aromatic carbocycles. The Labute approximate surface area is 284 Å². The molecule has 6 unspecified atom stereocenters. The van der Waals surface area contributed by atoms with Crippen LogP contribution in [0.4, 0.5) is 15.8 Å². The van der Waals surface area contributed by atoms with E-state index in [1.165, 1.54) is 31.2 Å². The third kappa shape index (κ3) is 4.38. The van der Waals surface area contributed by atoms with Gasteiger partial charge in [-0.2, -0.15) is 0 Å². The predicted octanol–water partition coefficient (Wildman–Crippen LogP) is 5.90. The minimum Gasteiger partial charge on any atom is -0.504 e. The highest BCUT2D eigenvalue weighted by molar-refractivity contribution is 6.58. The van der Waals surface area contributed by atoms with Crippen molar-refractivity contribution >= 4 is 64.0 Å². The predicted molar refractivity (Wildman–Crippen MR) is 175 cm³/mol. The van der Waals surface area contributed by atoms with E-state index in [0.29, 0.717) is 22.4 Å². The lowest BCUT2D eigenvalue weighted by atomic mass is 9.56. The SMILES string of the molecule is CCOc1cc(C2C3=CCC4C(=O)N(c5ccc(C(C)=O)cc5)C(=O)C4C3CC3(Cl)C(=O)N(c4ccc(F)cc4)C(=O)C23Cl)ccc1O. The molecule has 48 heavy (non-hydrogen) atoms. The average molecular weight is 692 g/mol. The number of anilines is 2. The number of fused-ring (bicyclic) bond motifs is 4. The van der Waals surface area contributed by atoms with Gasteiger partial charge < -0.3 is 9.84 Å². The number of carbonyl (C=O) groups excluding carboxylic acids is 5. The number of amides is 4. The number of hydrogen-bond acceptors (Lipinski definition) is 7. The number of phenolic OH excluding ortho intramolecular Hbond substituents is 1. The summed E-state index contributed by atoms with van der Waals surface area (Å²) in [5.74, 6) is -6.95. The van der Waals surface area contributed by atoms with Crippen LogP contribution in [0.15, 0.2) is 78.4 Å². The van der Waals surface area contributed by atoms with Crippen LogP contribution in [0.1, 0.15) is 48.5 Å². The zero-order chi connectivity index (χ0) is 34.3. The van der Waals surface area contributed by atoms with Gasteiger partial charge in [0.2, 0.25) is 11.8 Å². The second kappa shape index (κ2) is 11.3. The Morgan fingerprint density at radius 2 is 1.56 bits per heavy atom. The molecule has 2 aliphatic heterocycles. The number of benzene rings is 3. The monoisotopic (exact) mass is 690 g/mol. The van der Waals surface area contributed by atoms with Crippen LogP contribution in [0.25, 0.3) is 0 Å². The van der Waals surface area contributed by atoms with Crippen molar-refractivity contribution in [1.82, 2.24) is 0 Å². The molecule has 0 spiro atoms. The summed E-state index contributed by atoms with van der Waals surface area (Å²) in [4.78, 5) is 66.6. The number of ether oxygens (including phenoxy) is 1. The highest BCUT2D eigenvalue weighted by Gasteiger charge is 2.76. The molecule has 9 nitrogen and oxygen atoms in total. The second-order valence-electron chi connectivity index (χ2n) is 12.5. The van der Waals surface area contributed by atoms with E-state index in [4.69, 9.17) is 27.9 Å². The number of halogens is 3. The lowest BCUT2D eigenvalue weighted by Gasteiger charge is -2.50. The van der Waals surface area contributed by atoms with Gasteiger partial charge in [-0.25, -0.2) is 9.29 Å². The van der Waals surface area contributed by atoms with Crippen LogP contribution < -0.4 is 14.5 Å². The quantitative estimate of drug-likeness (QED) is 0.148. The number of aromatic hydroxyl groups is 1. The second-order valence-corrected chi connectivity index (χ2v) is 13.8. The van der Waals surface area contributed by atoms with E-state index in [-0.39, 0.29) is 42.4 Å². The first-order valence-corrected chi connectivity index (χ1v) is 16.3. The normalized spacial score (nSPS) is 29.4. The number of alkyl halides is 2. The molecule has 246 valence electrons. The molecule has 12 heteroatoms. The van der Waals surface area contributed by atoms with Crippen molar-refractivity contribution in [3.63, 3.8) is 0 Å². The van der Waals surface area contributed by atoms with Crippen LogP contribution in [0, 0.1) is 23.6 Å². The van der Waals surface area contributed by atoms with Crippen molar-refractivity contribution in [2.24, 2.45) is 17.8 Å². The summed E-state index contributed by atoms with van der Waals surface area (Å²) >= 11 is 14.8. The molecule has 0 bridgehead atoms. The van der Waals surface area contributed by atoms with Crippen molar-refractivity contribution in [1.29, 1.82) is 0 Å². The fraction of sp³-hybridized carbons (Fsp3) is 0.306. The molecule has 7 rings (SSSR count). The lowest BCUT2D eigenvalue weighted by Crippen LogP contribution is -2.60. The Bertz CT molecular complexity index is 1950. The number of carbonyl (C=O) groups is 5. The first-order chi connectivity index (χ1) is 22.8. The summed E-state index contributed by atoms with van der Waals surface area (Å²) in [6.07, 6.45) is 1.72. The first kappa shape index (κ1) is 32.0. The van der Waals surface area contributed by atoms with E-state index in [0.717, 1.165) is 21.9 Å². The van der Waals surface area contributed by atoms with Gasteiger partial charge in [0.1, 0.15) is 5.82 Å². The summed E-state index contributed by atoms with van der Waals surface area (Å²) in [5.41, 5.74) is 1.77. The Morgan fingerprint density at radius 3 is 2.21 bits per heavy atom. The standard InChI is InChI=1S/C36H29Cl2FN2O7/c1-3-48-28-16-20(6-15-27(28)43)30-24-13-14-25-29(32(45)40(31(25)44)22-9-4-19(5-10-22)18(2)42)26(24)17-35(37)33(46)41(34(47)36(30,35)38)23-11-7-21(39)8-12-23/h4-13,15-16,25-26,29-30,43H,3,14,17H2,1-2H3. The van der Waals surface area contributed by atoms with Crippen LogP contribution in [0.2, 0.25) is 0 Å². The van der Waals surface area contributed by atoms with Gasteiger partial charge in [0.25, 0.3) is 11.8 Å². The van der Waals surface area contributed by atoms with E-state index in [1.807, 2.05) is 0 Å². The number of allylic oxidation sites excluding steroid dienone is 2. The van der Waals surface area contributed by atoms with Gasteiger partial charge in [-0.15, -0.1) is 23.2 Å². The summed E-state index contributed by atoms with van der Waals surface area (Å²) < 4.78 is 19.5.